The van der Waals surface area contributed by atoms with Gasteiger partial charge in [0.25, 0.3) is 0 Å². The molecule has 0 N–H and O–H groups in total. The Morgan fingerprint density at radius 3 is 2.00 bits per heavy atom. The van der Waals surface area contributed by atoms with Crippen molar-refractivity contribution in [3.8, 4) is 0 Å². The van der Waals surface area contributed by atoms with E-state index in [0.29, 0.717) is 0 Å². The second-order valence-electron chi connectivity index (χ2n) is 8.92. The summed E-state index contributed by atoms with van der Waals surface area (Å²) < 4.78 is 52.8. The Balaban J connectivity index is 1.55. The molecule has 3 rings (SSSR count). The van der Waals surface area contributed by atoms with Gasteiger partial charge in [0.05, 0.1) is 5.69 Å². The highest BCUT2D eigenvalue weighted by molar-refractivity contribution is 5.49. The van der Waals surface area contributed by atoms with Crippen molar-refractivity contribution < 1.29 is 17.6 Å². The summed E-state index contributed by atoms with van der Waals surface area (Å²) in [6, 6.07) is 4.28. The molecule has 0 atom stereocenters. The van der Waals surface area contributed by atoms with Crippen LogP contribution in [0, 0.1) is 23.6 Å². The normalized spacial score (nSPS) is 28.9. The van der Waals surface area contributed by atoms with Gasteiger partial charge in [-0.25, -0.2) is 4.39 Å². The molecule has 0 amide bonds. The maximum atomic E-state index is 14.3. The summed E-state index contributed by atoms with van der Waals surface area (Å²) in [5.74, 6) is 2.03. The molecule has 0 aromatic heterocycles. The van der Waals surface area contributed by atoms with Crippen LogP contribution in [0.25, 0.3) is 0 Å². The first-order valence-corrected chi connectivity index (χ1v) is 10.9. The minimum atomic E-state index is -4.57. The number of alkyl halides is 3. The van der Waals surface area contributed by atoms with Gasteiger partial charge in [0.15, 0.2) is 0 Å². The molecule has 0 bridgehead atoms. The van der Waals surface area contributed by atoms with E-state index in [9.17, 15) is 17.6 Å². The predicted octanol–water partition coefficient (Wildman–Crippen LogP) is 7.66. The summed E-state index contributed by atoms with van der Waals surface area (Å²) in [4.78, 5) is 0.0396. The molecule has 0 unspecified atom stereocenters. The van der Waals surface area contributed by atoms with Crippen molar-refractivity contribution in [2.24, 2.45) is 17.8 Å². The molecule has 158 valence electrons. The van der Waals surface area contributed by atoms with Gasteiger partial charge in [0, 0.05) is 7.05 Å². The number of hydrogen-bond donors (Lipinski definition) is 0. The number of benzene rings is 1. The van der Waals surface area contributed by atoms with Gasteiger partial charge in [0.2, 0.25) is 0 Å². The lowest BCUT2D eigenvalue weighted by Gasteiger charge is -2.38. The molecule has 2 aliphatic carbocycles. The maximum Gasteiger partial charge on any atom is 0.484 e. The molecule has 1 aromatic rings. The van der Waals surface area contributed by atoms with Gasteiger partial charge in [-0.1, -0.05) is 38.7 Å². The molecule has 0 saturated heterocycles. The minimum Gasteiger partial charge on any atom is -0.284 e. The molecule has 1 nitrogen and oxygen atoms in total. The van der Waals surface area contributed by atoms with Crippen molar-refractivity contribution in [2.75, 3.05) is 11.9 Å². The van der Waals surface area contributed by atoms with Gasteiger partial charge >= 0.3 is 6.30 Å². The van der Waals surface area contributed by atoms with Crippen LogP contribution in [0.2, 0.25) is 0 Å². The van der Waals surface area contributed by atoms with E-state index < -0.39 is 17.8 Å². The van der Waals surface area contributed by atoms with Crippen LogP contribution in [0.3, 0.4) is 0 Å². The number of hydrogen-bond acceptors (Lipinski definition) is 1. The molecule has 5 heteroatoms. The first-order valence-electron chi connectivity index (χ1n) is 10.9. The zero-order valence-corrected chi connectivity index (χ0v) is 17.1. The first-order chi connectivity index (χ1) is 13.3. The molecular weight excluding hydrogens is 366 g/mol. The number of rotatable bonds is 5. The Bertz CT molecular complexity index is 626. The summed E-state index contributed by atoms with van der Waals surface area (Å²) in [7, 11) is 0.860. The number of anilines is 1. The number of nitrogens with zero attached hydrogens (tertiary/aromatic N) is 1. The van der Waals surface area contributed by atoms with Crippen LogP contribution in [0.1, 0.15) is 82.6 Å². The van der Waals surface area contributed by atoms with Gasteiger partial charge < -0.3 is 0 Å². The molecule has 0 spiro atoms. The Kier molecular flexibility index (Phi) is 6.93. The van der Waals surface area contributed by atoms with Crippen LogP contribution in [0.15, 0.2) is 18.2 Å². The van der Waals surface area contributed by atoms with Crippen molar-refractivity contribution >= 4 is 5.69 Å². The second kappa shape index (κ2) is 9.04. The first kappa shape index (κ1) is 21.4. The largest absolute Gasteiger partial charge is 0.484 e. The van der Waals surface area contributed by atoms with Crippen molar-refractivity contribution in [3.05, 3.63) is 29.6 Å². The third kappa shape index (κ3) is 5.01. The number of halogens is 4. The third-order valence-electron chi connectivity index (χ3n) is 7.21. The second-order valence-corrected chi connectivity index (χ2v) is 8.92. The van der Waals surface area contributed by atoms with Crippen LogP contribution in [0.5, 0.6) is 0 Å². The van der Waals surface area contributed by atoms with Gasteiger partial charge in [-0.3, -0.25) is 4.90 Å². The lowest BCUT2D eigenvalue weighted by molar-refractivity contribution is -0.125. The molecule has 2 fully saturated rings. The van der Waals surface area contributed by atoms with Crippen LogP contribution in [-0.4, -0.2) is 13.3 Å². The zero-order valence-electron chi connectivity index (χ0n) is 17.1. The minimum absolute atomic E-state index is 0.0396. The average molecular weight is 400 g/mol. The van der Waals surface area contributed by atoms with E-state index in [0.717, 1.165) is 43.2 Å². The van der Waals surface area contributed by atoms with Gasteiger partial charge in [-0.15, -0.1) is 0 Å². The van der Waals surface area contributed by atoms with E-state index in [1.54, 1.807) is 6.07 Å². The standard InChI is InChI=1S/C23H33F4N/c1-3-4-16-5-7-17(8-6-16)18-9-11-19(12-10-18)20-13-14-22(21(24)15-20)28(2)23(25,26)27/h13-19H,3-12H2,1-2H3. The molecule has 1 aromatic carbocycles. The highest BCUT2D eigenvalue weighted by Gasteiger charge is 2.36. The average Bonchev–Trinajstić information content (AvgIpc) is 2.68. The lowest BCUT2D eigenvalue weighted by atomic mass is 9.68. The molecule has 0 radical (unpaired) electrons. The highest BCUT2D eigenvalue weighted by Crippen LogP contribution is 2.45. The summed E-state index contributed by atoms with van der Waals surface area (Å²) in [5.41, 5.74) is 0.440. The van der Waals surface area contributed by atoms with E-state index in [2.05, 4.69) is 6.92 Å². The molecule has 2 saturated carbocycles. The quantitative estimate of drug-likeness (QED) is 0.363. The van der Waals surface area contributed by atoms with Gasteiger partial charge in [-0.2, -0.15) is 13.2 Å². The third-order valence-corrected chi connectivity index (χ3v) is 7.21. The highest BCUT2D eigenvalue weighted by atomic mass is 19.4. The summed E-state index contributed by atoms with van der Waals surface area (Å²) in [6.45, 7) is 2.27. The lowest BCUT2D eigenvalue weighted by Crippen LogP contribution is -2.34. The van der Waals surface area contributed by atoms with E-state index in [4.69, 9.17) is 0 Å². The summed E-state index contributed by atoms with van der Waals surface area (Å²) in [6.07, 6.45) is 7.91. The predicted molar refractivity (Wildman–Crippen MR) is 106 cm³/mol. The topological polar surface area (TPSA) is 3.24 Å². The molecule has 0 heterocycles. The fraction of sp³-hybridized carbons (Fsp3) is 0.739. The maximum absolute atomic E-state index is 14.3. The van der Waals surface area contributed by atoms with Gasteiger partial charge in [-0.05, 0) is 79.9 Å². The smallest absolute Gasteiger partial charge is 0.284 e. The fourth-order valence-corrected chi connectivity index (χ4v) is 5.47. The Morgan fingerprint density at radius 1 is 0.929 bits per heavy atom. The van der Waals surface area contributed by atoms with Crippen molar-refractivity contribution in [1.82, 2.24) is 0 Å². The molecule has 28 heavy (non-hydrogen) atoms. The van der Waals surface area contributed by atoms with E-state index >= 15 is 0 Å². The van der Waals surface area contributed by atoms with E-state index in [1.165, 1.54) is 63.5 Å². The molecule has 2 aliphatic rings. The van der Waals surface area contributed by atoms with Crippen LogP contribution >= 0.6 is 0 Å². The SMILES string of the molecule is CCCC1CCC(C2CCC(c3ccc(N(C)C(F)(F)F)c(F)c3)CC2)CC1. The fourth-order valence-electron chi connectivity index (χ4n) is 5.47. The van der Waals surface area contributed by atoms with Crippen molar-refractivity contribution in [2.45, 2.75) is 83.4 Å². The van der Waals surface area contributed by atoms with Crippen LogP contribution < -0.4 is 4.90 Å². The van der Waals surface area contributed by atoms with Crippen molar-refractivity contribution in [3.63, 3.8) is 0 Å². The monoisotopic (exact) mass is 399 g/mol. The molecule has 0 aliphatic heterocycles. The Morgan fingerprint density at radius 2 is 1.50 bits per heavy atom. The Labute approximate surface area is 166 Å². The van der Waals surface area contributed by atoms with E-state index in [-0.39, 0.29) is 10.8 Å². The van der Waals surface area contributed by atoms with E-state index in [1.807, 2.05) is 0 Å². The van der Waals surface area contributed by atoms with Crippen LogP contribution in [0.4, 0.5) is 23.2 Å². The zero-order chi connectivity index (χ0) is 20.3. The van der Waals surface area contributed by atoms with Gasteiger partial charge in [0.1, 0.15) is 5.82 Å². The van der Waals surface area contributed by atoms with Crippen molar-refractivity contribution in [1.29, 1.82) is 0 Å². The molecular formula is C23H33F4N. The summed E-state index contributed by atoms with van der Waals surface area (Å²) >= 11 is 0. The van der Waals surface area contributed by atoms with Crippen LogP contribution in [-0.2, 0) is 0 Å². The summed E-state index contributed by atoms with van der Waals surface area (Å²) in [5, 5.41) is 0. The Hall–Kier alpha value is -1.26.